The normalized spacial score (nSPS) is 29.1. The predicted octanol–water partition coefficient (Wildman–Crippen LogP) is 3.71. The maximum absolute atomic E-state index is 5.98. The van der Waals surface area contributed by atoms with Crippen LogP contribution >= 0.6 is 0 Å². The van der Waals surface area contributed by atoms with Gasteiger partial charge in [0.1, 0.15) is 0 Å². The number of hydrogen-bond donors (Lipinski definition) is 1. The molecular weight excluding hydrogens is 234 g/mol. The van der Waals surface area contributed by atoms with E-state index in [1.807, 2.05) is 0 Å². The Bertz CT molecular complexity index is 378. The Morgan fingerprint density at radius 1 is 1.37 bits per heavy atom. The van der Waals surface area contributed by atoms with Crippen molar-refractivity contribution in [1.29, 1.82) is 0 Å². The summed E-state index contributed by atoms with van der Waals surface area (Å²) in [6, 6.07) is 10.9. The second-order valence-electron chi connectivity index (χ2n) is 6.00. The number of ether oxygens (including phenoxy) is 1. The number of benzene rings is 1. The van der Waals surface area contributed by atoms with Crippen LogP contribution in [0.1, 0.15) is 51.0 Å². The highest BCUT2D eigenvalue weighted by Crippen LogP contribution is 2.40. The van der Waals surface area contributed by atoms with E-state index >= 15 is 0 Å². The molecule has 0 bridgehead atoms. The standard InChI is InChI=1S/C17H27NO/c1-3-17(2)13-15(10-12-19-17)16(9-11-18)14-7-5-4-6-8-14/h4-8,15-16H,3,9-13,18H2,1-2H3/t15-,16-,17+/m1/s1. The third-order valence-electron chi connectivity index (χ3n) is 4.66. The van der Waals surface area contributed by atoms with Crippen LogP contribution < -0.4 is 5.73 Å². The van der Waals surface area contributed by atoms with Crippen molar-refractivity contribution in [3.05, 3.63) is 35.9 Å². The molecule has 1 heterocycles. The molecule has 1 aliphatic heterocycles. The van der Waals surface area contributed by atoms with E-state index in [0.29, 0.717) is 11.8 Å². The van der Waals surface area contributed by atoms with Crippen molar-refractivity contribution in [2.24, 2.45) is 11.7 Å². The van der Waals surface area contributed by atoms with Crippen LogP contribution in [-0.4, -0.2) is 18.8 Å². The molecule has 2 heteroatoms. The van der Waals surface area contributed by atoms with Crippen LogP contribution in [0, 0.1) is 5.92 Å². The molecule has 106 valence electrons. The van der Waals surface area contributed by atoms with E-state index in [-0.39, 0.29) is 5.60 Å². The first-order valence-corrected chi connectivity index (χ1v) is 7.57. The Morgan fingerprint density at radius 3 is 2.74 bits per heavy atom. The van der Waals surface area contributed by atoms with Crippen molar-refractivity contribution < 1.29 is 4.74 Å². The SMILES string of the molecule is CC[C@@]1(C)C[C@H]([C@H](CCN)c2ccccc2)CCO1. The highest BCUT2D eigenvalue weighted by atomic mass is 16.5. The van der Waals surface area contributed by atoms with Crippen molar-refractivity contribution >= 4 is 0 Å². The zero-order valence-electron chi connectivity index (χ0n) is 12.3. The van der Waals surface area contributed by atoms with Crippen molar-refractivity contribution in [3.8, 4) is 0 Å². The van der Waals surface area contributed by atoms with Gasteiger partial charge in [0.2, 0.25) is 0 Å². The second kappa shape index (κ2) is 6.53. The van der Waals surface area contributed by atoms with Gasteiger partial charge in [-0.25, -0.2) is 0 Å². The minimum Gasteiger partial charge on any atom is -0.375 e. The Labute approximate surface area is 117 Å². The molecule has 0 spiro atoms. The highest BCUT2D eigenvalue weighted by molar-refractivity contribution is 5.20. The largest absolute Gasteiger partial charge is 0.375 e. The maximum atomic E-state index is 5.98. The molecule has 1 aromatic carbocycles. The third-order valence-corrected chi connectivity index (χ3v) is 4.66. The summed E-state index contributed by atoms with van der Waals surface area (Å²) >= 11 is 0. The second-order valence-corrected chi connectivity index (χ2v) is 6.00. The molecule has 1 saturated heterocycles. The van der Waals surface area contributed by atoms with E-state index in [0.717, 1.165) is 38.8 Å². The highest BCUT2D eigenvalue weighted by Gasteiger charge is 2.35. The van der Waals surface area contributed by atoms with E-state index < -0.39 is 0 Å². The van der Waals surface area contributed by atoms with E-state index in [4.69, 9.17) is 10.5 Å². The van der Waals surface area contributed by atoms with Crippen LogP contribution in [0.2, 0.25) is 0 Å². The average Bonchev–Trinajstić information content (AvgIpc) is 2.46. The Hall–Kier alpha value is -0.860. The van der Waals surface area contributed by atoms with Crippen LogP contribution in [0.3, 0.4) is 0 Å². The quantitative estimate of drug-likeness (QED) is 0.877. The summed E-state index contributed by atoms with van der Waals surface area (Å²) in [7, 11) is 0. The summed E-state index contributed by atoms with van der Waals surface area (Å²) in [6.07, 6.45) is 4.49. The lowest BCUT2D eigenvalue weighted by Gasteiger charge is -2.41. The summed E-state index contributed by atoms with van der Waals surface area (Å²) in [5.74, 6) is 1.28. The van der Waals surface area contributed by atoms with Gasteiger partial charge in [0, 0.05) is 6.61 Å². The first-order valence-electron chi connectivity index (χ1n) is 7.57. The van der Waals surface area contributed by atoms with Gasteiger partial charge < -0.3 is 10.5 Å². The number of nitrogens with two attached hydrogens (primary N) is 1. The van der Waals surface area contributed by atoms with Crippen LogP contribution in [0.25, 0.3) is 0 Å². The van der Waals surface area contributed by atoms with Gasteiger partial charge in [-0.15, -0.1) is 0 Å². The molecule has 0 saturated carbocycles. The summed E-state index contributed by atoms with van der Waals surface area (Å²) in [6.45, 7) is 6.13. The molecule has 0 unspecified atom stereocenters. The first kappa shape index (κ1) is 14.5. The van der Waals surface area contributed by atoms with Crippen molar-refractivity contribution in [2.45, 2.75) is 51.0 Å². The van der Waals surface area contributed by atoms with Gasteiger partial charge in [0.15, 0.2) is 0 Å². The Morgan fingerprint density at radius 2 is 2.11 bits per heavy atom. The fraction of sp³-hybridized carbons (Fsp3) is 0.647. The number of hydrogen-bond acceptors (Lipinski definition) is 2. The van der Waals surface area contributed by atoms with Gasteiger partial charge in [-0.05, 0) is 56.6 Å². The summed E-state index contributed by atoms with van der Waals surface area (Å²) in [4.78, 5) is 0. The molecule has 0 aromatic heterocycles. The van der Waals surface area contributed by atoms with Gasteiger partial charge in [-0.2, -0.15) is 0 Å². The zero-order valence-corrected chi connectivity index (χ0v) is 12.3. The molecule has 0 aliphatic carbocycles. The topological polar surface area (TPSA) is 35.2 Å². The van der Waals surface area contributed by atoms with E-state index in [1.165, 1.54) is 5.56 Å². The van der Waals surface area contributed by atoms with Gasteiger partial charge in [0.25, 0.3) is 0 Å². The molecule has 2 N–H and O–H groups in total. The van der Waals surface area contributed by atoms with Crippen molar-refractivity contribution in [3.63, 3.8) is 0 Å². The molecule has 0 radical (unpaired) electrons. The summed E-state index contributed by atoms with van der Waals surface area (Å²) in [5, 5.41) is 0. The zero-order chi connectivity index (χ0) is 13.7. The molecule has 3 atom stereocenters. The maximum Gasteiger partial charge on any atom is 0.0654 e. The molecule has 1 fully saturated rings. The summed E-state index contributed by atoms with van der Waals surface area (Å²) in [5.41, 5.74) is 7.35. The average molecular weight is 261 g/mol. The third kappa shape index (κ3) is 3.58. The van der Waals surface area contributed by atoms with E-state index in [1.54, 1.807) is 0 Å². The molecule has 1 aliphatic rings. The minimum absolute atomic E-state index is 0.0601. The lowest BCUT2D eigenvalue weighted by atomic mass is 9.74. The Balaban J connectivity index is 2.15. The summed E-state index contributed by atoms with van der Waals surface area (Å²) < 4.78 is 5.98. The number of rotatable bonds is 5. The lowest BCUT2D eigenvalue weighted by Crippen LogP contribution is -2.38. The monoisotopic (exact) mass is 261 g/mol. The van der Waals surface area contributed by atoms with Gasteiger partial charge >= 0.3 is 0 Å². The van der Waals surface area contributed by atoms with Gasteiger partial charge in [-0.3, -0.25) is 0 Å². The molecule has 0 amide bonds. The lowest BCUT2D eigenvalue weighted by molar-refractivity contribution is -0.0914. The van der Waals surface area contributed by atoms with Crippen LogP contribution in [0.4, 0.5) is 0 Å². The molecule has 1 aromatic rings. The fourth-order valence-corrected chi connectivity index (χ4v) is 3.32. The molecule has 2 nitrogen and oxygen atoms in total. The smallest absolute Gasteiger partial charge is 0.0654 e. The van der Waals surface area contributed by atoms with Crippen molar-refractivity contribution in [2.75, 3.05) is 13.2 Å². The first-order chi connectivity index (χ1) is 9.18. The molecule has 2 rings (SSSR count). The van der Waals surface area contributed by atoms with Crippen LogP contribution in [-0.2, 0) is 4.74 Å². The molecular formula is C17H27NO. The van der Waals surface area contributed by atoms with Crippen LogP contribution in [0.5, 0.6) is 0 Å². The van der Waals surface area contributed by atoms with Gasteiger partial charge in [0.05, 0.1) is 5.60 Å². The van der Waals surface area contributed by atoms with E-state index in [9.17, 15) is 0 Å². The fourth-order valence-electron chi connectivity index (χ4n) is 3.32. The van der Waals surface area contributed by atoms with Crippen molar-refractivity contribution in [1.82, 2.24) is 0 Å². The van der Waals surface area contributed by atoms with Crippen LogP contribution in [0.15, 0.2) is 30.3 Å². The Kier molecular flexibility index (Phi) is 5.00. The predicted molar refractivity (Wildman–Crippen MR) is 80.2 cm³/mol. The molecule has 19 heavy (non-hydrogen) atoms. The van der Waals surface area contributed by atoms with Gasteiger partial charge in [-0.1, -0.05) is 37.3 Å². The minimum atomic E-state index is 0.0601. The van der Waals surface area contributed by atoms with E-state index in [2.05, 4.69) is 44.2 Å².